The third kappa shape index (κ3) is 3.34. The molecule has 6 heteroatoms. The molecule has 4 aromatic rings. The molecule has 156 valence electrons. The van der Waals surface area contributed by atoms with E-state index >= 15 is 0 Å². The fourth-order valence-corrected chi connectivity index (χ4v) is 4.63. The minimum Gasteiger partial charge on any atom is -0.390 e. The highest BCUT2D eigenvalue weighted by Gasteiger charge is 2.49. The van der Waals surface area contributed by atoms with Gasteiger partial charge in [-0.05, 0) is 31.4 Å². The van der Waals surface area contributed by atoms with Crippen molar-refractivity contribution in [3.05, 3.63) is 82.6 Å². The maximum atomic E-state index is 12.1. The first-order valence-electron chi connectivity index (χ1n) is 10.3. The van der Waals surface area contributed by atoms with Crippen LogP contribution in [0.15, 0.2) is 71.5 Å². The molecule has 6 nitrogen and oxygen atoms in total. The summed E-state index contributed by atoms with van der Waals surface area (Å²) < 4.78 is 1.52. The lowest BCUT2D eigenvalue weighted by Gasteiger charge is -2.49. The summed E-state index contributed by atoms with van der Waals surface area (Å²) in [6.45, 7) is 1.82. The number of aromatic nitrogens is 3. The Balaban J connectivity index is 1.65. The smallest absolute Gasteiger partial charge is 0.252 e. The van der Waals surface area contributed by atoms with Crippen LogP contribution in [-0.2, 0) is 12.6 Å². The van der Waals surface area contributed by atoms with Gasteiger partial charge in [-0.25, -0.2) is 9.97 Å². The molecule has 2 heterocycles. The number of pyridine rings is 1. The van der Waals surface area contributed by atoms with Gasteiger partial charge >= 0.3 is 0 Å². The maximum absolute atomic E-state index is 12.1. The maximum Gasteiger partial charge on any atom is 0.252 e. The molecule has 0 spiro atoms. The Morgan fingerprint density at radius 2 is 1.52 bits per heavy atom. The van der Waals surface area contributed by atoms with Gasteiger partial charge < -0.3 is 10.8 Å². The van der Waals surface area contributed by atoms with E-state index in [-0.39, 0.29) is 5.56 Å². The van der Waals surface area contributed by atoms with Gasteiger partial charge in [-0.2, -0.15) is 0 Å². The summed E-state index contributed by atoms with van der Waals surface area (Å²) in [5.41, 5.74) is 10.7. The zero-order chi connectivity index (χ0) is 21.8. The van der Waals surface area contributed by atoms with Gasteiger partial charge in [-0.15, -0.1) is 0 Å². The molecule has 0 amide bonds. The molecule has 2 aromatic heterocycles. The lowest BCUT2D eigenvalue weighted by atomic mass is 9.63. The Morgan fingerprint density at radius 1 is 0.903 bits per heavy atom. The Morgan fingerprint density at radius 3 is 2.16 bits per heavy atom. The second-order valence-electron chi connectivity index (χ2n) is 8.81. The van der Waals surface area contributed by atoms with E-state index < -0.39 is 11.1 Å². The van der Waals surface area contributed by atoms with Gasteiger partial charge in [0.05, 0.1) is 17.0 Å². The van der Waals surface area contributed by atoms with Crippen molar-refractivity contribution in [3.8, 4) is 22.5 Å². The number of aliphatic hydroxyl groups is 1. The molecule has 31 heavy (non-hydrogen) atoms. The fourth-order valence-electron chi connectivity index (χ4n) is 4.63. The van der Waals surface area contributed by atoms with Crippen LogP contribution in [0.2, 0.25) is 0 Å². The molecule has 3 N–H and O–H groups in total. The van der Waals surface area contributed by atoms with Crippen LogP contribution in [0.25, 0.3) is 33.7 Å². The number of aryl methyl sites for hydroxylation is 1. The van der Waals surface area contributed by atoms with Gasteiger partial charge in [0, 0.05) is 29.8 Å². The van der Waals surface area contributed by atoms with Crippen molar-refractivity contribution in [2.45, 2.75) is 30.9 Å². The molecule has 1 saturated carbocycles. The normalized spacial score (nSPS) is 23.0. The first kappa shape index (κ1) is 19.6. The van der Waals surface area contributed by atoms with E-state index in [0.717, 1.165) is 28.1 Å². The van der Waals surface area contributed by atoms with E-state index in [1.165, 1.54) is 10.6 Å². The fraction of sp³-hybridized carbons (Fsp3) is 0.240. The third-order valence-corrected chi connectivity index (χ3v) is 6.11. The van der Waals surface area contributed by atoms with E-state index in [9.17, 15) is 9.90 Å². The summed E-state index contributed by atoms with van der Waals surface area (Å²) in [4.78, 5) is 21.8. The van der Waals surface area contributed by atoms with Crippen molar-refractivity contribution < 1.29 is 5.11 Å². The number of rotatable bonds is 3. The summed E-state index contributed by atoms with van der Waals surface area (Å²) in [6.07, 6.45) is 1.08. The van der Waals surface area contributed by atoms with E-state index in [1.54, 1.807) is 13.1 Å². The standard InChI is InChI=1S/C25H24N4O2/c1-24(31)14-25(26,15-24)18-10-8-17(9-11-18)21-22(16-6-4-3-5-7-16)28-23-19(27-21)12-13-20(30)29(23)2/h3-13,31H,14-15,26H2,1-2H3/t24-,25-. The monoisotopic (exact) mass is 412 g/mol. The van der Waals surface area contributed by atoms with Gasteiger partial charge in [-0.3, -0.25) is 9.36 Å². The summed E-state index contributed by atoms with van der Waals surface area (Å²) in [7, 11) is 1.71. The SMILES string of the molecule is Cn1c(=O)ccc2nc(-c3ccc([C@]4(N)C[C@](C)(O)C4)cc3)c(-c3ccccc3)nc21. The van der Waals surface area contributed by atoms with Gasteiger partial charge in [0.25, 0.3) is 5.56 Å². The van der Waals surface area contributed by atoms with Crippen LogP contribution in [0.1, 0.15) is 25.3 Å². The summed E-state index contributed by atoms with van der Waals surface area (Å²) in [5, 5.41) is 10.1. The zero-order valence-corrected chi connectivity index (χ0v) is 17.5. The van der Waals surface area contributed by atoms with E-state index in [1.807, 2.05) is 61.5 Å². The molecule has 0 aliphatic heterocycles. The number of hydrogen-bond donors (Lipinski definition) is 2. The second-order valence-corrected chi connectivity index (χ2v) is 8.81. The average Bonchev–Trinajstić information content (AvgIpc) is 2.75. The van der Waals surface area contributed by atoms with Crippen LogP contribution in [0.4, 0.5) is 0 Å². The quantitative estimate of drug-likeness (QED) is 0.538. The van der Waals surface area contributed by atoms with Gasteiger partial charge in [0.15, 0.2) is 5.65 Å². The Labute approximate surface area is 180 Å². The molecular weight excluding hydrogens is 388 g/mol. The van der Waals surface area contributed by atoms with Crippen molar-refractivity contribution in [2.24, 2.45) is 12.8 Å². The van der Waals surface area contributed by atoms with Crippen LogP contribution >= 0.6 is 0 Å². The highest BCUT2D eigenvalue weighted by Crippen LogP contribution is 2.46. The average molecular weight is 412 g/mol. The first-order valence-corrected chi connectivity index (χ1v) is 10.3. The molecule has 1 aliphatic rings. The summed E-state index contributed by atoms with van der Waals surface area (Å²) >= 11 is 0. The number of hydrogen-bond acceptors (Lipinski definition) is 5. The molecular formula is C25H24N4O2. The Hall–Kier alpha value is -3.35. The zero-order valence-electron chi connectivity index (χ0n) is 17.5. The number of nitrogens with two attached hydrogens (primary N) is 1. The third-order valence-electron chi connectivity index (χ3n) is 6.11. The Bertz CT molecular complexity index is 1330. The van der Waals surface area contributed by atoms with Gasteiger partial charge in [-0.1, -0.05) is 54.6 Å². The lowest BCUT2D eigenvalue weighted by molar-refractivity contribution is -0.0738. The van der Waals surface area contributed by atoms with Crippen molar-refractivity contribution in [2.75, 3.05) is 0 Å². The summed E-state index contributed by atoms with van der Waals surface area (Å²) in [6, 6.07) is 21.1. The molecule has 0 atom stereocenters. The van der Waals surface area contributed by atoms with E-state index in [2.05, 4.69) is 0 Å². The van der Waals surface area contributed by atoms with Crippen LogP contribution in [-0.4, -0.2) is 25.2 Å². The molecule has 1 aliphatic carbocycles. The van der Waals surface area contributed by atoms with E-state index in [0.29, 0.717) is 24.0 Å². The number of benzene rings is 2. The highest BCUT2D eigenvalue weighted by atomic mass is 16.3. The number of nitrogens with zero attached hydrogens (tertiary/aromatic N) is 3. The molecule has 1 fully saturated rings. The largest absolute Gasteiger partial charge is 0.390 e. The predicted molar refractivity (Wildman–Crippen MR) is 121 cm³/mol. The van der Waals surface area contributed by atoms with Gasteiger partial charge in [0.2, 0.25) is 0 Å². The topological polar surface area (TPSA) is 94.0 Å². The van der Waals surface area contributed by atoms with Crippen LogP contribution in [0.3, 0.4) is 0 Å². The summed E-state index contributed by atoms with van der Waals surface area (Å²) in [5.74, 6) is 0. The van der Waals surface area contributed by atoms with Crippen molar-refractivity contribution in [1.82, 2.24) is 14.5 Å². The van der Waals surface area contributed by atoms with Gasteiger partial charge in [0.1, 0.15) is 5.52 Å². The Kier molecular flexibility index (Phi) is 4.32. The van der Waals surface area contributed by atoms with Crippen molar-refractivity contribution in [3.63, 3.8) is 0 Å². The molecule has 0 unspecified atom stereocenters. The van der Waals surface area contributed by atoms with Crippen LogP contribution in [0.5, 0.6) is 0 Å². The van der Waals surface area contributed by atoms with Crippen LogP contribution in [0, 0.1) is 0 Å². The number of fused-ring (bicyclic) bond motifs is 1. The molecule has 0 saturated heterocycles. The molecule has 2 aromatic carbocycles. The molecule has 0 bridgehead atoms. The minimum atomic E-state index is -0.701. The van der Waals surface area contributed by atoms with Crippen LogP contribution < -0.4 is 11.3 Å². The highest BCUT2D eigenvalue weighted by molar-refractivity contribution is 5.84. The minimum absolute atomic E-state index is 0.123. The first-order chi connectivity index (χ1) is 14.8. The van der Waals surface area contributed by atoms with E-state index in [4.69, 9.17) is 15.7 Å². The van der Waals surface area contributed by atoms with Crippen molar-refractivity contribution in [1.29, 1.82) is 0 Å². The molecule has 5 rings (SSSR count). The predicted octanol–water partition coefficient (Wildman–Crippen LogP) is 3.36. The second kappa shape index (κ2) is 6.83. The lowest BCUT2D eigenvalue weighted by Crippen LogP contribution is -2.58. The van der Waals surface area contributed by atoms with Crippen molar-refractivity contribution >= 4 is 11.2 Å². The molecule has 0 radical (unpaired) electrons.